The van der Waals surface area contributed by atoms with Crippen LogP contribution in [0.25, 0.3) is 11.6 Å². The second kappa shape index (κ2) is 11.7. The number of anilines is 1. The molecular formula is C22H28IN7O2. The van der Waals surface area contributed by atoms with Gasteiger partial charge in [0.2, 0.25) is 11.7 Å². The van der Waals surface area contributed by atoms with E-state index in [4.69, 9.17) is 4.42 Å². The Kier molecular flexibility index (Phi) is 8.65. The quantitative estimate of drug-likeness (QED) is 0.226. The van der Waals surface area contributed by atoms with Gasteiger partial charge in [0.25, 0.3) is 0 Å². The molecule has 1 aliphatic heterocycles. The summed E-state index contributed by atoms with van der Waals surface area (Å²) in [5.74, 6) is 2.92. The third kappa shape index (κ3) is 6.09. The Bertz CT molecular complexity index is 1020. The fraction of sp³-hybridized carbons (Fsp3) is 0.364. The highest BCUT2D eigenvalue weighted by molar-refractivity contribution is 14.0. The predicted molar refractivity (Wildman–Crippen MR) is 134 cm³/mol. The molecule has 32 heavy (non-hydrogen) atoms. The molecule has 3 heterocycles. The number of hydrogen-bond donors (Lipinski definition) is 3. The maximum Gasteiger partial charge on any atom is 0.227 e. The summed E-state index contributed by atoms with van der Waals surface area (Å²) in [6, 6.07) is 11.7. The lowest BCUT2D eigenvalue weighted by Crippen LogP contribution is -2.38. The maximum atomic E-state index is 11.9. The van der Waals surface area contributed by atoms with Crippen molar-refractivity contribution in [1.29, 1.82) is 0 Å². The molecule has 1 aromatic carbocycles. The largest absolute Gasteiger partial charge is 0.461 e. The standard InChI is InChI=1S/C22H27N7O2.HI/c1-2-23-22(24-12-11-19-26-21(28-27-19)18-5-4-14-31-18)25-15-16-7-9-17(10-8-16)29-13-3-6-20(29)30;/h4-5,7-10,14H,2-3,6,11-13,15H2,1H3,(H2,23,24,25)(H,26,27,28);1H. The van der Waals surface area contributed by atoms with E-state index < -0.39 is 0 Å². The second-order valence-corrected chi connectivity index (χ2v) is 7.27. The minimum atomic E-state index is 0. The molecule has 4 rings (SSSR count). The molecule has 0 radical (unpaired) electrons. The number of carbonyl (C=O) groups excluding carboxylic acids is 1. The van der Waals surface area contributed by atoms with Crippen molar-refractivity contribution in [3.05, 3.63) is 54.0 Å². The van der Waals surface area contributed by atoms with E-state index in [0.717, 1.165) is 42.5 Å². The number of aromatic nitrogens is 3. The summed E-state index contributed by atoms with van der Waals surface area (Å²) in [6.07, 6.45) is 3.85. The number of furan rings is 1. The average Bonchev–Trinajstić information content (AvgIpc) is 3.54. The van der Waals surface area contributed by atoms with Gasteiger partial charge in [-0.05, 0) is 43.2 Å². The fourth-order valence-corrected chi connectivity index (χ4v) is 3.44. The molecule has 3 aromatic rings. The molecule has 170 valence electrons. The Hall–Kier alpha value is -2.89. The molecule has 0 spiro atoms. The fourth-order valence-electron chi connectivity index (χ4n) is 3.44. The van der Waals surface area contributed by atoms with Crippen LogP contribution in [-0.4, -0.2) is 46.7 Å². The van der Waals surface area contributed by atoms with Crippen molar-refractivity contribution in [2.75, 3.05) is 24.5 Å². The summed E-state index contributed by atoms with van der Waals surface area (Å²) < 4.78 is 5.31. The van der Waals surface area contributed by atoms with E-state index in [1.54, 1.807) is 6.26 Å². The molecule has 10 heteroatoms. The monoisotopic (exact) mass is 549 g/mol. The predicted octanol–water partition coefficient (Wildman–Crippen LogP) is 3.11. The first-order valence-electron chi connectivity index (χ1n) is 10.6. The van der Waals surface area contributed by atoms with Gasteiger partial charge in [0.05, 0.1) is 12.8 Å². The number of benzene rings is 1. The zero-order valence-corrected chi connectivity index (χ0v) is 20.3. The molecule has 3 N–H and O–H groups in total. The molecule has 1 amide bonds. The number of aromatic amines is 1. The van der Waals surface area contributed by atoms with Crippen LogP contribution in [0.1, 0.15) is 31.2 Å². The first-order chi connectivity index (χ1) is 15.2. The average molecular weight is 549 g/mol. The molecule has 1 saturated heterocycles. The van der Waals surface area contributed by atoms with Gasteiger partial charge in [-0.15, -0.1) is 24.0 Å². The van der Waals surface area contributed by atoms with Gasteiger partial charge in [0.1, 0.15) is 5.82 Å². The minimum Gasteiger partial charge on any atom is -0.461 e. The van der Waals surface area contributed by atoms with Gasteiger partial charge in [-0.3, -0.25) is 9.89 Å². The number of nitrogens with one attached hydrogen (secondary N) is 3. The van der Waals surface area contributed by atoms with Gasteiger partial charge in [-0.1, -0.05) is 12.1 Å². The number of amides is 1. The number of nitrogens with zero attached hydrogens (tertiary/aromatic N) is 4. The summed E-state index contributed by atoms with van der Waals surface area (Å²) in [5, 5.41) is 13.7. The van der Waals surface area contributed by atoms with Crippen molar-refractivity contribution >= 4 is 41.5 Å². The molecule has 0 saturated carbocycles. The molecular weight excluding hydrogens is 521 g/mol. The normalized spacial score (nSPS) is 13.8. The summed E-state index contributed by atoms with van der Waals surface area (Å²) >= 11 is 0. The van der Waals surface area contributed by atoms with E-state index in [1.165, 1.54) is 0 Å². The Morgan fingerprint density at radius 2 is 2.09 bits per heavy atom. The van der Waals surface area contributed by atoms with E-state index in [1.807, 2.05) is 48.2 Å². The molecule has 1 aliphatic rings. The number of hydrogen-bond acceptors (Lipinski definition) is 5. The van der Waals surface area contributed by atoms with Crippen molar-refractivity contribution in [3.63, 3.8) is 0 Å². The van der Waals surface area contributed by atoms with Crippen LogP contribution < -0.4 is 15.5 Å². The Balaban J connectivity index is 0.00000289. The smallest absolute Gasteiger partial charge is 0.227 e. The number of H-pyrrole nitrogens is 1. The van der Waals surface area contributed by atoms with E-state index in [9.17, 15) is 4.79 Å². The Morgan fingerprint density at radius 1 is 1.25 bits per heavy atom. The van der Waals surface area contributed by atoms with Gasteiger partial charge in [-0.25, -0.2) is 9.98 Å². The van der Waals surface area contributed by atoms with Crippen molar-refractivity contribution in [1.82, 2.24) is 25.8 Å². The van der Waals surface area contributed by atoms with E-state index in [-0.39, 0.29) is 29.9 Å². The number of rotatable bonds is 8. The summed E-state index contributed by atoms with van der Waals surface area (Å²) in [6.45, 7) is 4.82. The zero-order chi connectivity index (χ0) is 21.5. The SMILES string of the molecule is CCNC(=NCc1ccc(N2CCCC2=O)cc1)NCCc1nc(-c2ccco2)n[nH]1.I. The third-order valence-electron chi connectivity index (χ3n) is 5.01. The molecule has 1 fully saturated rings. The van der Waals surface area contributed by atoms with Crippen LogP contribution in [-0.2, 0) is 17.8 Å². The van der Waals surface area contributed by atoms with Crippen LogP contribution in [0.15, 0.2) is 52.1 Å². The lowest BCUT2D eigenvalue weighted by Gasteiger charge is -2.15. The molecule has 0 atom stereocenters. The Morgan fingerprint density at radius 3 is 2.78 bits per heavy atom. The molecule has 9 nitrogen and oxygen atoms in total. The summed E-state index contributed by atoms with van der Waals surface area (Å²) in [5.41, 5.74) is 2.05. The lowest BCUT2D eigenvalue weighted by molar-refractivity contribution is -0.117. The molecule has 0 unspecified atom stereocenters. The highest BCUT2D eigenvalue weighted by atomic mass is 127. The van der Waals surface area contributed by atoms with Crippen LogP contribution in [0.5, 0.6) is 0 Å². The van der Waals surface area contributed by atoms with E-state index in [2.05, 4.69) is 30.8 Å². The number of guanidine groups is 1. The van der Waals surface area contributed by atoms with Crippen LogP contribution >= 0.6 is 24.0 Å². The van der Waals surface area contributed by atoms with Crippen LogP contribution in [0.3, 0.4) is 0 Å². The zero-order valence-electron chi connectivity index (χ0n) is 18.0. The van der Waals surface area contributed by atoms with Gasteiger partial charge in [-0.2, -0.15) is 5.10 Å². The second-order valence-electron chi connectivity index (χ2n) is 7.27. The van der Waals surface area contributed by atoms with Crippen LogP contribution in [0, 0.1) is 0 Å². The van der Waals surface area contributed by atoms with Gasteiger partial charge >= 0.3 is 0 Å². The van der Waals surface area contributed by atoms with Crippen molar-refractivity contribution in [3.8, 4) is 11.6 Å². The first kappa shape index (κ1) is 23.8. The molecule has 0 aliphatic carbocycles. The maximum absolute atomic E-state index is 11.9. The number of aliphatic imine (C=N–C) groups is 1. The summed E-state index contributed by atoms with van der Waals surface area (Å²) in [7, 11) is 0. The lowest BCUT2D eigenvalue weighted by atomic mass is 10.2. The van der Waals surface area contributed by atoms with Gasteiger partial charge < -0.3 is 20.0 Å². The number of carbonyl (C=O) groups is 1. The first-order valence-corrected chi connectivity index (χ1v) is 10.6. The highest BCUT2D eigenvalue weighted by Crippen LogP contribution is 2.21. The Labute approximate surface area is 204 Å². The van der Waals surface area contributed by atoms with Gasteiger partial charge in [0.15, 0.2) is 11.7 Å². The highest BCUT2D eigenvalue weighted by Gasteiger charge is 2.21. The van der Waals surface area contributed by atoms with E-state index >= 15 is 0 Å². The van der Waals surface area contributed by atoms with E-state index in [0.29, 0.717) is 37.5 Å². The topological polar surface area (TPSA) is 111 Å². The van der Waals surface area contributed by atoms with Crippen LogP contribution in [0.2, 0.25) is 0 Å². The van der Waals surface area contributed by atoms with Crippen molar-refractivity contribution in [2.24, 2.45) is 4.99 Å². The number of halogens is 1. The molecule has 2 aromatic heterocycles. The third-order valence-corrected chi connectivity index (χ3v) is 5.01. The van der Waals surface area contributed by atoms with Crippen molar-refractivity contribution in [2.45, 2.75) is 32.7 Å². The van der Waals surface area contributed by atoms with Crippen molar-refractivity contribution < 1.29 is 9.21 Å². The minimum absolute atomic E-state index is 0. The molecule has 0 bridgehead atoms. The summed E-state index contributed by atoms with van der Waals surface area (Å²) in [4.78, 5) is 22.8. The van der Waals surface area contributed by atoms with Gasteiger partial charge in [0, 0.05) is 38.2 Å². The van der Waals surface area contributed by atoms with Crippen LogP contribution in [0.4, 0.5) is 5.69 Å².